The van der Waals surface area contributed by atoms with Gasteiger partial charge < -0.3 is 0 Å². The Bertz CT molecular complexity index is 1180. The first kappa shape index (κ1) is 20.7. The molecule has 0 aliphatic carbocycles. The first-order valence-electron chi connectivity index (χ1n) is 9.79. The van der Waals surface area contributed by atoms with Crippen LogP contribution in [0.2, 0.25) is 0 Å². The zero-order valence-corrected chi connectivity index (χ0v) is 18.5. The Morgan fingerprint density at radius 2 is 1.77 bits per heavy atom. The number of benzene rings is 2. The van der Waals surface area contributed by atoms with Gasteiger partial charge in [0, 0.05) is 29.6 Å². The maximum absolute atomic E-state index is 12.6. The summed E-state index contributed by atoms with van der Waals surface area (Å²) in [4.78, 5) is 17.4. The smallest absolute Gasteiger partial charge is 0.257 e. The van der Waals surface area contributed by atoms with Crippen LogP contribution in [0.15, 0.2) is 52.7 Å². The Hall–Kier alpha value is -2.55. The second-order valence-electron chi connectivity index (χ2n) is 7.45. The molecule has 1 aliphatic rings. The monoisotopic (exact) mass is 441 g/mol. The normalized spacial score (nSPS) is 14.7. The average molecular weight is 442 g/mol. The number of rotatable bonds is 5. The summed E-state index contributed by atoms with van der Waals surface area (Å²) in [5.41, 5.74) is 4.53. The summed E-state index contributed by atoms with van der Waals surface area (Å²) in [5.74, 6) is -0.318. The number of amides is 1. The minimum Gasteiger partial charge on any atom is -0.298 e. The molecular formula is C22H23N3O3S2. The summed E-state index contributed by atoms with van der Waals surface area (Å²) in [5, 5.41) is 5.23. The molecule has 0 unspecified atom stereocenters. The highest BCUT2D eigenvalue weighted by Gasteiger charge is 2.27. The topological polar surface area (TPSA) is 79.4 Å². The Balaban J connectivity index is 1.48. The molecule has 2 heterocycles. The average Bonchev–Trinajstić information content (AvgIpc) is 3.42. The Morgan fingerprint density at radius 1 is 1.07 bits per heavy atom. The van der Waals surface area contributed by atoms with Crippen LogP contribution in [0.5, 0.6) is 0 Å². The van der Waals surface area contributed by atoms with Crippen molar-refractivity contribution in [2.75, 3.05) is 18.4 Å². The Morgan fingerprint density at radius 3 is 2.47 bits per heavy atom. The van der Waals surface area contributed by atoms with Gasteiger partial charge in [-0.05, 0) is 62.6 Å². The van der Waals surface area contributed by atoms with Gasteiger partial charge in [0.2, 0.25) is 10.0 Å². The highest BCUT2D eigenvalue weighted by Crippen LogP contribution is 2.28. The molecule has 1 aromatic heterocycles. The third-order valence-corrected chi connectivity index (χ3v) is 7.88. The number of carbonyl (C=O) groups is 1. The van der Waals surface area contributed by atoms with Crippen LogP contribution in [0.25, 0.3) is 11.3 Å². The number of nitrogens with zero attached hydrogens (tertiary/aromatic N) is 2. The van der Waals surface area contributed by atoms with E-state index in [2.05, 4.69) is 28.5 Å². The molecular weight excluding hydrogens is 418 g/mol. The number of sulfonamides is 1. The van der Waals surface area contributed by atoms with E-state index in [-0.39, 0.29) is 10.8 Å². The lowest BCUT2D eigenvalue weighted by Gasteiger charge is -2.15. The molecule has 30 heavy (non-hydrogen) atoms. The van der Waals surface area contributed by atoms with Gasteiger partial charge in [0.15, 0.2) is 5.13 Å². The number of aryl methyl sites for hydroxylation is 2. The standard InChI is InChI=1S/C22H23N3O3S2/c1-15-5-6-16(2)19(13-15)20-14-29-22(23-20)24-21(26)17-7-9-18(10-8-17)30(27,28)25-11-3-4-12-25/h5-10,13-14H,3-4,11-12H2,1-2H3,(H,23,24,26). The number of anilines is 1. The minimum absolute atomic E-state index is 0.215. The lowest BCUT2D eigenvalue weighted by Crippen LogP contribution is -2.27. The highest BCUT2D eigenvalue weighted by atomic mass is 32.2. The summed E-state index contributed by atoms with van der Waals surface area (Å²) < 4.78 is 26.7. The number of aromatic nitrogens is 1. The largest absolute Gasteiger partial charge is 0.298 e. The zero-order valence-electron chi connectivity index (χ0n) is 16.9. The first-order chi connectivity index (χ1) is 14.3. The third-order valence-electron chi connectivity index (χ3n) is 5.21. The number of thiazole rings is 1. The van der Waals surface area contributed by atoms with Crippen LogP contribution in [0.1, 0.15) is 34.3 Å². The fourth-order valence-electron chi connectivity index (χ4n) is 3.49. The molecule has 8 heteroatoms. The summed E-state index contributed by atoms with van der Waals surface area (Å²) >= 11 is 1.36. The molecule has 0 radical (unpaired) electrons. The van der Waals surface area contributed by atoms with Gasteiger partial charge in [-0.25, -0.2) is 13.4 Å². The molecule has 1 amide bonds. The van der Waals surface area contributed by atoms with Crippen LogP contribution in [0.3, 0.4) is 0 Å². The van der Waals surface area contributed by atoms with E-state index in [9.17, 15) is 13.2 Å². The van der Waals surface area contributed by atoms with Crippen molar-refractivity contribution < 1.29 is 13.2 Å². The van der Waals surface area contributed by atoms with Crippen LogP contribution < -0.4 is 5.32 Å². The van der Waals surface area contributed by atoms with E-state index in [1.54, 1.807) is 0 Å². The van der Waals surface area contributed by atoms with Gasteiger partial charge in [-0.2, -0.15) is 4.31 Å². The molecule has 4 rings (SSSR count). The summed E-state index contributed by atoms with van der Waals surface area (Å²) in [6.07, 6.45) is 1.77. The fraction of sp³-hybridized carbons (Fsp3) is 0.273. The fourth-order valence-corrected chi connectivity index (χ4v) is 5.71. The van der Waals surface area contributed by atoms with E-state index in [1.165, 1.54) is 39.9 Å². The van der Waals surface area contributed by atoms with Gasteiger partial charge >= 0.3 is 0 Å². The predicted molar refractivity (Wildman–Crippen MR) is 119 cm³/mol. The number of hydrogen-bond acceptors (Lipinski definition) is 5. The summed E-state index contributed by atoms with van der Waals surface area (Å²) in [6, 6.07) is 12.3. The zero-order chi connectivity index (χ0) is 21.3. The van der Waals surface area contributed by atoms with E-state index in [4.69, 9.17) is 0 Å². The molecule has 6 nitrogen and oxygen atoms in total. The second-order valence-corrected chi connectivity index (χ2v) is 10.2. The van der Waals surface area contributed by atoms with Gasteiger partial charge in [-0.3, -0.25) is 10.1 Å². The van der Waals surface area contributed by atoms with Crippen LogP contribution in [0.4, 0.5) is 5.13 Å². The molecule has 3 aromatic rings. The SMILES string of the molecule is Cc1ccc(C)c(-c2csc(NC(=O)c3ccc(S(=O)(=O)N4CCCC4)cc3)n2)c1. The molecule has 156 valence electrons. The molecule has 1 saturated heterocycles. The van der Waals surface area contributed by atoms with Crippen molar-refractivity contribution in [3.05, 3.63) is 64.5 Å². The van der Waals surface area contributed by atoms with Crippen molar-refractivity contribution >= 4 is 32.4 Å². The Kier molecular flexibility index (Phi) is 5.73. The predicted octanol–water partition coefficient (Wildman–Crippen LogP) is 4.46. The van der Waals surface area contributed by atoms with Gasteiger partial charge in [0.05, 0.1) is 10.6 Å². The van der Waals surface area contributed by atoms with Crippen LogP contribution in [0, 0.1) is 13.8 Å². The summed E-state index contributed by atoms with van der Waals surface area (Å²) in [7, 11) is -3.48. The quantitative estimate of drug-likeness (QED) is 0.634. The van der Waals surface area contributed by atoms with Gasteiger partial charge in [-0.15, -0.1) is 11.3 Å². The van der Waals surface area contributed by atoms with Crippen LogP contribution in [-0.4, -0.2) is 36.7 Å². The molecule has 0 atom stereocenters. The van der Waals surface area contributed by atoms with Crippen molar-refractivity contribution in [3.63, 3.8) is 0 Å². The van der Waals surface area contributed by atoms with E-state index >= 15 is 0 Å². The van der Waals surface area contributed by atoms with Crippen molar-refractivity contribution in [2.45, 2.75) is 31.6 Å². The van der Waals surface area contributed by atoms with E-state index < -0.39 is 10.0 Å². The molecule has 2 aromatic carbocycles. The minimum atomic E-state index is -3.48. The first-order valence-corrected chi connectivity index (χ1v) is 12.1. The number of carbonyl (C=O) groups excluding carboxylic acids is 1. The third kappa shape index (κ3) is 4.16. The van der Waals surface area contributed by atoms with Gasteiger partial charge in [-0.1, -0.05) is 17.7 Å². The lowest BCUT2D eigenvalue weighted by atomic mass is 10.0. The number of hydrogen-bond donors (Lipinski definition) is 1. The van der Waals surface area contributed by atoms with Crippen molar-refractivity contribution in [1.29, 1.82) is 0 Å². The molecule has 1 fully saturated rings. The highest BCUT2D eigenvalue weighted by molar-refractivity contribution is 7.89. The van der Waals surface area contributed by atoms with Gasteiger partial charge in [0.1, 0.15) is 0 Å². The van der Waals surface area contributed by atoms with Crippen LogP contribution >= 0.6 is 11.3 Å². The molecule has 1 N–H and O–H groups in total. The maximum Gasteiger partial charge on any atom is 0.257 e. The van der Waals surface area contributed by atoms with Crippen molar-refractivity contribution in [3.8, 4) is 11.3 Å². The van der Waals surface area contributed by atoms with Crippen molar-refractivity contribution in [1.82, 2.24) is 9.29 Å². The Labute approximate surface area is 180 Å². The van der Waals surface area contributed by atoms with Crippen molar-refractivity contribution in [2.24, 2.45) is 0 Å². The van der Waals surface area contributed by atoms with E-state index in [0.717, 1.165) is 35.2 Å². The van der Waals surface area contributed by atoms with Gasteiger partial charge in [0.25, 0.3) is 5.91 Å². The van der Waals surface area contributed by atoms with E-state index in [1.807, 2.05) is 19.2 Å². The number of nitrogens with one attached hydrogen (secondary N) is 1. The summed E-state index contributed by atoms with van der Waals surface area (Å²) in [6.45, 7) is 5.17. The molecule has 0 saturated carbocycles. The molecule has 0 spiro atoms. The second kappa shape index (κ2) is 8.29. The van der Waals surface area contributed by atoms with Crippen LogP contribution in [-0.2, 0) is 10.0 Å². The molecule has 1 aliphatic heterocycles. The maximum atomic E-state index is 12.6. The lowest BCUT2D eigenvalue weighted by molar-refractivity contribution is 0.102. The van der Waals surface area contributed by atoms with E-state index in [0.29, 0.717) is 23.8 Å². The molecule has 0 bridgehead atoms.